The summed E-state index contributed by atoms with van der Waals surface area (Å²) in [6.07, 6.45) is 3.08. The summed E-state index contributed by atoms with van der Waals surface area (Å²) in [5.41, 5.74) is -2.27. The number of hydrogen-bond donors (Lipinski definition) is 5. The summed E-state index contributed by atoms with van der Waals surface area (Å²) >= 11 is 0.581. The number of nitrogens with zero attached hydrogens (tertiary/aromatic N) is 2. The maximum absolute atomic E-state index is 13.9. The molecule has 0 aliphatic carbocycles. The van der Waals surface area contributed by atoms with Gasteiger partial charge in [0.2, 0.25) is 11.3 Å². The van der Waals surface area contributed by atoms with E-state index in [2.05, 4.69) is 10.3 Å². The first-order valence-corrected chi connectivity index (χ1v) is 13.4. The highest BCUT2D eigenvalue weighted by molar-refractivity contribution is 8.26. The molecule has 2 unspecified atom stereocenters. The Hall–Kier alpha value is -3.58. The lowest BCUT2D eigenvalue weighted by Crippen LogP contribution is -2.65. The molecular formula is C26H30F2N6O4S. The molecule has 0 spiro atoms. The van der Waals surface area contributed by atoms with E-state index in [1.165, 1.54) is 6.07 Å². The molecule has 4 rings (SSSR count). The fourth-order valence-electron chi connectivity index (χ4n) is 5.40. The first kappa shape index (κ1) is 28.4. The van der Waals surface area contributed by atoms with Gasteiger partial charge in [-0.15, -0.1) is 0 Å². The predicted octanol–water partition coefficient (Wildman–Crippen LogP) is 2.80. The first-order chi connectivity index (χ1) is 18.5. The number of benzene rings is 1. The van der Waals surface area contributed by atoms with Crippen LogP contribution in [0.15, 0.2) is 29.2 Å². The normalized spacial score (nSPS) is 20.6. The molecule has 2 atom stereocenters. The maximum Gasteiger partial charge on any atom is 0.275 e. The second-order valence-corrected chi connectivity index (χ2v) is 10.7. The molecule has 2 fully saturated rings. The van der Waals surface area contributed by atoms with Gasteiger partial charge in [0.25, 0.3) is 5.91 Å². The summed E-state index contributed by atoms with van der Waals surface area (Å²) < 4.78 is 27.1. The number of carbonyl (C=O) groups is 2. The Morgan fingerprint density at radius 3 is 2.74 bits per heavy atom. The number of pyridine rings is 1. The van der Waals surface area contributed by atoms with Crippen molar-refractivity contribution < 1.29 is 23.5 Å². The molecule has 208 valence electrons. The van der Waals surface area contributed by atoms with E-state index in [4.69, 9.17) is 10.8 Å². The molecule has 0 bridgehead atoms. The molecule has 1 aromatic heterocycles. The molecule has 39 heavy (non-hydrogen) atoms. The van der Waals surface area contributed by atoms with Crippen molar-refractivity contribution in [2.45, 2.75) is 50.7 Å². The van der Waals surface area contributed by atoms with Gasteiger partial charge >= 0.3 is 0 Å². The SMILES string of the molecule is CCN(C(=O)c1[nH]cc(C(=N)SC(=N)Cc2ccc(F)cc2F)c(=O)c1O)C1(NC)CCN2C(=O)CCC2C1. The Balaban J connectivity index is 1.52. The van der Waals surface area contributed by atoms with Crippen molar-refractivity contribution >= 4 is 33.7 Å². The number of fused-ring (bicyclic) bond motifs is 1. The highest BCUT2D eigenvalue weighted by Crippen LogP contribution is 2.36. The fourth-order valence-corrected chi connectivity index (χ4v) is 6.13. The number of halogens is 2. The number of piperidine rings is 1. The van der Waals surface area contributed by atoms with E-state index in [1.54, 1.807) is 18.9 Å². The van der Waals surface area contributed by atoms with Crippen LogP contribution in [0.3, 0.4) is 0 Å². The van der Waals surface area contributed by atoms with Gasteiger partial charge in [-0.2, -0.15) is 0 Å². The summed E-state index contributed by atoms with van der Waals surface area (Å²) in [7, 11) is 1.74. The minimum Gasteiger partial charge on any atom is -0.503 e. The van der Waals surface area contributed by atoms with Crippen LogP contribution in [0.5, 0.6) is 5.75 Å². The number of aromatic hydroxyl groups is 1. The summed E-state index contributed by atoms with van der Waals surface area (Å²) in [5, 5.41) is 29.7. The van der Waals surface area contributed by atoms with E-state index in [0.29, 0.717) is 50.1 Å². The van der Waals surface area contributed by atoms with Crippen LogP contribution >= 0.6 is 11.8 Å². The molecule has 5 N–H and O–H groups in total. The number of amides is 2. The number of nitrogens with one attached hydrogen (secondary N) is 4. The van der Waals surface area contributed by atoms with E-state index in [0.717, 1.165) is 12.3 Å². The molecule has 0 radical (unpaired) electrons. The molecule has 2 aliphatic heterocycles. The molecule has 0 saturated carbocycles. The van der Waals surface area contributed by atoms with Crippen LogP contribution < -0.4 is 10.7 Å². The zero-order valence-corrected chi connectivity index (χ0v) is 22.4. The third kappa shape index (κ3) is 5.46. The van der Waals surface area contributed by atoms with Crippen molar-refractivity contribution in [1.29, 1.82) is 10.8 Å². The highest BCUT2D eigenvalue weighted by atomic mass is 32.2. The van der Waals surface area contributed by atoms with Gasteiger partial charge in [0.15, 0.2) is 11.4 Å². The predicted molar refractivity (Wildman–Crippen MR) is 143 cm³/mol. The lowest BCUT2D eigenvalue weighted by atomic mass is 9.88. The Labute approximate surface area is 227 Å². The molecule has 10 nitrogen and oxygen atoms in total. The van der Waals surface area contributed by atoms with E-state index in [-0.39, 0.29) is 51.8 Å². The molecule has 2 saturated heterocycles. The third-order valence-electron chi connectivity index (χ3n) is 7.44. The molecule has 1 aromatic carbocycles. The van der Waals surface area contributed by atoms with E-state index >= 15 is 0 Å². The van der Waals surface area contributed by atoms with Crippen LogP contribution in [-0.2, 0) is 11.2 Å². The van der Waals surface area contributed by atoms with Crippen molar-refractivity contribution in [3.05, 3.63) is 63.1 Å². The monoisotopic (exact) mass is 560 g/mol. The Morgan fingerprint density at radius 2 is 2.08 bits per heavy atom. The standard InChI is InChI=1S/C26H30F2N6O4S/c1-3-34(26(31-2)8-9-33-16(12-26)6-7-20(33)35)25(38)21-23(37)22(36)17(13-32-21)24(30)39-19(29)10-14-4-5-15(27)11-18(14)28/h4-5,11,13,16,29-31,37H,3,6-10,12H2,1-2H3,(H,32,36). The van der Waals surface area contributed by atoms with Crippen LogP contribution in [0.4, 0.5) is 8.78 Å². The van der Waals surface area contributed by atoms with Gasteiger partial charge in [0, 0.05) is 57.1 Å². The van der Waals surface area contributed by atoms with Crippen molar-refractivity contribution in [2.24, 2.45) is 0 Å². The molecular weight excluding hydrogens is 530 g/mol. The van der Waals surface area contributed by atoms with E-state index < -0.39 is 34.4 Å². The minimum atomic E-state index is -0.957. The smallest absolute Gasteiger partial charge is 0.275 e. The van der Waals surface area contributed by atoms with Crippen LogP contribution in [-0.4, -0.2) is 73.6 Å². The van der Waals surface area contributed by atoms with Crippen LogP contribution in [0, 0.1) is 22.5 Å². The summed E-state index contributed by atoms with van der Waals surface area (Å²) in [6, 6.07) is 2.96. The number of hydrogen-bond acceptors (Lipinski definition) is 8. The van der Waals surface area contributed by atoms with Crippen LogP contribution in [0.2, 0.25) is 0 Å². The lowest BCUT2D eigenvalue weighted by Gasteiger charge is -2.50. The molecule has 3 heterocycles. The van der Waals surface area contributed by atoms with Crippen molar-refractivity contribution in [2.75, 3.05) is 20.1 Å². The average molecular weight is 561 g/mol. The Morgan fingerprint density at radius 1 is 1.33 bits per heavy atom. The average Bonchev–Trinajstić information content (AvgIpc) is 3.26. The first-order valence-electron chi connectivity index (χ1n) is 12.5. The van der Waals surface area contributed by atoms with Gasteiger partial charge in [-0.3, -0.25) is 30.5 Å². The fraction of sp³-hybridized carbons (Fsp3) is 0.423. The maximum atomic E-state index is 13.9. The second kappa shape index (κ2) is 11.3. The van der Waals surface area contributed by atoms with Crippen LogP contribution in [0.1, 0.15) is 54.2 Å². The van der Waals surface area contributed by atoms with Crippen LogP contribution in [0.25, 0.3) is 0 Å². The largest absolute Gasteiger partial charge is 0.503 e. The lowest BCUT2D eigenvalue weighted by molar-refractivity contribution is -0.131. The molecule has 13 heteroatoms. The number of thioether (sulfide) groups is 1. The van der Waals surface area contributed by atoms with Gasteiger partial charge in [-0.25, -0.2) is 8.78 Å². The van der Waals surface area contributed by atoms with Gasteiger partial charge in [0.05, 0.1) is 16.3 Å². The number of H-pyrrole nitrogens is 1. The minimum absolute atomic E-state index is 0.00762. The topological polar surface area (TPSA) is 153 Å². The van der Waals surface area contributed by atoms with Gasteiger partial charge in [-0.05, 0) is 32.0 Å². The van der Waals surface area contributed by atoms with E-state index in [1.807, 2.05) is 4.90 Å². The van der Waals surface area contributed by atoms with E-state index in [9.17, 15) is 28.3 Å². The van der Waals surface area contributed by atoms with Gasteiger partial charge in [0.1, 0.15) is 16.7 Å². The summed E-state index contributed by atoms with van der Waals surface area (Å²) in [5.74, 6) is -2.93. The number of rotatable bonds is 7. The number of carbonyl (C=O) groups excluding carboxylic acids is 2. The van der Waals surface area contributed by atoms with Crippen molar-refractivity contribution in [3.63, 3.8) is 0 Å². The zero-order valence-electron chi connectivity index (χ0n) is 21.6. The molecule has 2 aliphatic rings. The summed E-state index contributed by atoms with van der Waals surface area (Å²) in [6.45, 7) is 2.54. The zero-order chi connectivity index (χ0) is 28.5. The van der Waals surface area contributed by atoms with Gasteiger partial charge in [-0.1, -0.05) is 17.8 Å². The Bertz CT molecular complexity index is 1400. The van der Waals surface area contributed by atoms with Crippen molar-refractivity contribution in [1.82, 2.24) is 20.1 Å². The second-order valence-electron chi connectivity index (χ2n) is 9.59. The number of aromatic nitrogens is 1. The highest BCUT2D eigenvalue weighted by Gasteiger charge is 2.48. The Kier molecular flexibility index (Phi) is 8.21. The third-order valence-corrected chi connectivity index (χ3v) is 8.26. The molecule has 2 aromatic rings. The van der Waals surface area contributed by atoms with Gasteiger partial charge < -0.3 is 19.9 Å². The summed E-state index contributed by atoms with van der Waals surface area (Å²) in [4.78, 5) is 44.8. The number of aromatic amines is 1. The van der Waals surface area contributed by atoms with Crippen molar-refractivity contribution in [3.8, 4) is 5.75 Å². The quantitative estimate of drug-likeness (QED) is 0.199. The molecule has 2 amide bonds.